The summed E-state index contributed by atoms with van der Waals surface area (Å²) >= 11 is 1.56. The average molecular weight is 327 g/mol. The third-order valence-electron chi connectivity index (χ3n) is 3.77. The van der Waals surface area contributed by atoms with Gasteiger partial charge >= 0.3 is 5.97 Å². The van der Waals surface area contributed by atoms with Crippen molar-refractivity contribution in [2.45, 2.75) is 19.4 Å². The van der Waals surface area contributed by atoms with E-state index < -0.39 is 5.97 Å². The lowest BCUT2D eigenvalue weighted by Crippen LogP contribution is -2.38. The number of amides is 1. The first-order chi connectivity index (χ1) is 11.1. The van der Waals surface area contributed by atoms with Gasteiger partial charge in [0.05, 0.1) is 0 Å². The summed E-state index contributed by atoms with van der Waals surface area (Å²) in [6, 6.07) is 9.81. The van der Waals surface area contributed by atoms with Crippen LogP contribution in [0.3, 0.4) is 0 Å². The quantitative estimate of drug-likeness (QED) is 0.639. The smallest absolute Gasteiger partial charge is 0.331 e. The molecule has 0 spiro atoms. The number of hydrogen-bond donors (Lipinski definition) is 0. The van der Waals surface area contributed by atoms with E-state index in [1.807, 2.05) is 48.0 Å². The Balaban J connectivity index is 1.58. The number of anilines is 1. The summed E-state index contributed by atoms with van der Waals surface area (Å²) in [6.45, 7) is 1.75. The minimum atomic E-state index is -0.510. The maximum atomic E-state index is 12.4. The number of nitrogens with zero attached hydrogens (tertiary/aromatic N) is 1. The van der Waals surface area contributed by atoms with Crippen molar-refractivity contribution in [1.29, 1.82) is 0 Å². The summed E-state index contributed by atoms with van der Waals surface area (Å²) in [6.07, 6.45) is 3.85. The molecule has 0 bridgehead atoms. The predicted octanol–water partition coefficient (Wildman–Crippen LogP) is 3.28. The highest BCUT2D eigenvalue weighted by molar-refractivity contribution is 7.08. The molecule has 0 aliphatic carbocycles. The number of benzene rings is 1. The molecule has 2 aromatic rings. The van der Waals surface area contributed by atoms with E-state index in [9.17, 15) is 9.59 Å². The van der Waals surface area contributed by atoms with Crippen LogP contribution in [0, 0.1) is 0 Å². The molecule has 1 atom stereocenters. The molecule has 0 fully saturated rings. The Labute approximate surface area is 139 Å². The summed E-state index contributed by atoms with van der Waals surface area (Å²) in [5.41, 5.74) is 3.01. The lowest BCUT2D eigenvalue weighted by molar-refractivity contribution is -0.143. The van der Waals surface area contributed by atoms with Crippen LogP contribution >= 0.6 is 11.3 Å². The molecule has 0 radical (unpaired) electrons. The van der Waals surface area contributed by atoms with Crippen LogP contribution in [0.2, 0.25) is 0 Å². The van der Waals surface area contributed by atoms with Crippen LogP contribution < -0.4 is 4.90 Å². The molecule has 0 saturated carbocycles. The van der Waals surface area contributed by atoms with E-state index in [4.69, 9.17) is 4.74 Å². The summed E-state index contributed by atoms with van der Waals surface area (Å²) in [7, 11) is 0. The first-order valence-corrected chi connectivity index (χ1v) is 8.36. The molecule has 23 heavy (non-hydrogen) atoms. The lowest BCUT2D eigenvalue weighted by Gasteiger charge is -2.22. The Bertz CT molecular complexity index is 736. The number of carbonyl (C=O) groups is 2. The van der Waals surface area contributed by atoms with E-state index in [0.717, 1.165) is 23.2 Å². The normalized spacial score (nSPS) is 16.6. The maximum Gasteiger partial charge on any atom is 0.331 e. The Kier molecular flexibility index (Phi) is 4.57. The van der Waals surface area contributed by atoms with Crippen LogP contribution in [0.1, 0.15) is 18.1 Å². The van der Waals surface area contributed by atoms with Gasteiger partial charge in [0, 0.05) is 17.8 Å². The summed E-state index contributed by atoms with van der Waals surface area (Å²) in [5, 5.41) is 3.86. The fraction of sp³-hybridized carbons (Fsp3) is 0.222. The van der Waals surface area contributed by atoms with E-state index in [1.54, 1.807) is 22.3 Å². The molecule has 4 nitrogen and oxygen atoms in total. The molecule has 2 heterocycles. The molecule has 1 aliphatic rings. The van der Waals surface area contributed by atoms with E-state index >= 15 is 0 Å². The number of esters is 1. The van der Waals surface area contributed by atoms with Gasteiger partial charge < -0.3 is 9.64 Å². The van der Waals surface area contributed by atoms with Crippen molar-refractivity contribution in [2.24, 2.45) is 0 Å². The Morgan fingerprint density at radius 2 is 2.17 bits per heavy atom. The Hall–Kier alpha value is -2.40. The van der Waals surface area contributed by atoms with Crippen molar-refractivity contribution >= 4 is 35.0 Å². The predicted molar refractivity (Wildman–Crippen MR) is 91.4 cm³/mol. The minimum Gasteiger partial charge on any atom is -0.452 e. The number of para-hydroxylation sites is 1. The Morgan fingerprint density at radius 1 is 1.35 bits per heavy atom. The molecular formula is C18H17NO3S. The van der Waals surface area contributed by atoms with Crippen molar-refractivity contribution in [3.05, 3.63) is 58.3 Å². The first kappa shape index (κ1) is 15.5. The number of carbonyl (C=O) groups excluding carboxylic acids is 2. The molecule has 0 N–H and O–H groups in total. The van der Waals surface area contributed by atoms with Crippen LogP contribution in [0.5, 0.6) is 0 Å². The van der Waals surface area contributed by atoms with Gasteiger partial charge in [-0.1, -0.05) is 18.2 Å². The average Bonchev–Trinajstić information content (AvgIpc) is 3.17. The minimum absolute atomic E-state index is 0.0833. The molecule has 1 aliphatic heterocycles. The number of hydrogen-bond acceptors (Lipinski definition) is 4. The molecule has 3 rings (SSSR count). The highest BCUT2D eigenvalue weighted by atomic mass is 32.1. The van der Waals surface area contributed by atoms with Crippen molar-refractivity contribution in [3.63, 3.8) is 0 Å². The van der Waals surface area contributed by atoms with Crippen LogP contribution in [-0.4, -0.2) is 24.5 Å². The van der Waals surface area contributed by atoms with Gasteiger partial charge in [0.1, 0.15) is 0 Å². The summed E-state index contributed by atoms with van der Waals surface area (Å²) < 4.78 is 5.06. The number of thiophene rings is 1. The molecule has 5 heteroatoms. The van der Waals surface area contributed by atoms with Gasteiger partial charge in [-0.2, -0.15) is 11.3 Å². The summed E-state index contributed by atoms with van der Waals surface area (Å²) in [4.78, 5) is 25.8. The fourth-order valence-electron chi connectivity index (χ4n) is 2.73. The first-order valence-electron chi connectivity index (χ1n) is 7.42. The third-order valence-corrected chi connectivity index (χ3v) is 4.47. The van der Waals surface area contributed by atoms with Gasteiger partial charge in [-0.3, -0.25) is 4.79 Å². The molecule has 1 amide bonds. The second kappa shape index (κ2) is 6.79. The zero-order valence-corrected chi connectivity index (χ0v) is 13.6. The van der Waals surface area contributed by atoms with Crippen LogP contribution in [0.25, 0.3) is 6.08 Å². The van der Waals surface area contributed by atoms with Crippen molar-refractivity contribution < 1.29 is 14.3 Å². The van der Waals surface area contributed by atoms with Gasteiger partial charge in [-0.15, -0.1) is 0 Å². The SMILES string of the molecule is C[C@@H]1Cc2ccccc2N1C(=O)COC(=O)/C=C/c1ccsc1. The van der Waals surface area contributed by atoms with E-state index in [0.29, 0.717) is 0 Å². The zero-order valence-electron chi connectivity index (χ0n) is 12.8. The van der Waals surface area contributed by atoms with Crippen LogP contribution in [0.4, 0.5) is 5.69 Å². The summed E-state index contributed by atoms with van der Waals surface area (Å²) in [5.74, 6) is -0.704. The second-order valence-corrected chi connectivity index (χ2v) is 6.22. The van der Waals surface area contributed by atoms with Gasteiger partial charge in [0.2, 0.25) is 0 Å². The van der Waals surface area contributed by atoms with Gasteiger partial charge in [-0.05, 0) is 53.4 Å². The van der Waals surface area contributed by atoms with Crippen LogP contribution in [-0.2, 0) is 20.7 Å². The largest absolute Gasteiger partial charge is 0.452 e. The molecule has 0 saturated heterocycles. The molecular weight excluding hydrogens is 310 g/mol. The number of ether oxygens (including phenoxy) is 1. The highest BCUT2D eigenvalue weighted by Crippen LogP contribution is 2.31. The molecule has 1 aromatic heterocycles. The standard InChI is InChI=1S/C18H17NO3S/c1-13-10-15-4-2-3-5-16(15)19(13)17(20)11-22-18(21)7-6-14-8-9-23-12-14/h2-9,12-13H,10-11H2,1H3/b7-6+/t13-/m1/s1. The lowest BCUT2D eigenvalue weighted by atomic mass is 10.1. The zero-order chi connectivity index (χ0) is 16.2. The molecule has 0 unspecified atom stereocenters. The Morgan fingerprint density at radius 3 is 2.96 bits per heavy atom. The highest BCUT2D eigenvalue weighted by Gasteiger charge is 2.30. The number of rotatable bonds is 4. The van der Waals surface area contributed by atoms with Gasteiger partial charge in [0.25, 0.3) is 5.91 Å². The van der Waals surface area contributed by atoms with E-state index in [-0.39, 0.29) is 18.6 Å². The third kappa shape index (κ3) is 3.51. The maximum absolute atomic E-state index is 12.4. The van der Waals surface area contributed by atoms with E-state index in [1.165, 1.54) is 6.08 Å². The van der Waals surface area contributed by atoms with Crippen LogP contribution in [0.15, 0.2) is 47.2 Å². The monoisotopic (exact) mass is 327 g/mol. The van der Waals surface area contributed by atoms with Gasteiger partial charge in [0.15, 0.2) is 6.61 Å². The van der Waals surface area contributed by atoms with Crippen molar-refractivity contribution in [2.75, 3.05) is 11.5 Å². The number of fused-ring (bicyclic) bond motifs is 1. The van der Waals surface area contributed by atoms with Crippen molar-refractivity contribution in [3.8, 4) is 0 Å². The molecule has 1 aromatic carbocycles. The second-order valence-electron chi connectivity index (χ2n) is 5.44. The van der Waals surface area contributed by atoms with Gasteiger partial charge in [-0.25, -0.2) is 4.79 Å². The van der Waals surface area contributed by atoms with Crippen molar-refractivity contribution in [1.82, 2.24) is 0 Å². The molecule has 118 valence electrons. The fourth-order valence-corrected chi connectivity index (χ4v) is 3.36. The van der Waals surface area contributed by atoms with E-state index in [2.05, 4.69) is 0 Å². The topological polar surface area (TPSA) is 46.6 Å².